The molecule has 0 bridgehead atoms. The Labute approximate surface area is 129 Å². The maximum atomic E-state index is 12.2. The molecular weight excluding hydrogens is 268 g/mol. The third kappa shape index (κ3) is 7.44. The van der Waals surface area contributed by atoms with Crippen molar-refractivity contribution < 1.29 is 19.0 Å². The normalized spacial score (nSPS) is 13.8. The zero-order valence-corrected chi connectivity index (χ0v) is 13.9. The molecule has 0 N–H and O–H groups in total. The number of rotatable bonds is 12. The molecule has 122 valence electrons. The topological polar surface area (TPSA) is 44.8 Å². The van der Waals surface area contributed by atoms with Crippen molar-refractivity contribution in [2.24, 2.45) is 11.8 Å². The Hall–Kier alpha value is -1.13. The summed E-state index contributed by atoms with van der Waals surface area (Å²) in [6, 6.07) is 0. The molecule has 0 radical (unpaired) electrons. The molecule has 0 aromatic rings. The fourth-order valence-electron chi connectivity index (χ4n) is 2.33. The smallest absolute Gasteiger partial charge is 0.309 e. The number of allylic oxidation sites excluding steroid dienone is 2. The van der Waals surface area contributed by atoms with E-state index in [0.29, 0.717) is 32.7 Å². The van der Waals surface area contributed by atoms with Gasteiger partial charge in [0.05, 0.1) is 12.5 Å². The highest BCUT2D eigenvalue weighted by Crippen LogP contribution is 2.30. The summed E-state index contributed by atoms with van der Waals surface area (Å²) in [5, 5.41) is 0. The number of esters is 1. The Kier molecular flexibility index (Phi) is 10.9. The predicted molar refractivity (Wildman–Crippen MR) is 84.9 cm³/mol. The van der Waals surface area contributed by atoms with Crippen molar-refractivity contribution in [2.75, 3.05) is 19.8 Å². The highest BCUT2D eigenvalue weighted by Gasteiger charge is 2.31. The van der Waals surface area contributed by atoms with E-state index in [-0.39, 0.29) is 24.1 Å². The number of hydrogen-bond acceptors (Lipinski definition) is 4. The summed E-state index contributed by atoms with van der Waals surface area (Å²) in [4.78, 5) is 12.2. The fourth-order valence-corrected chi connectivity index (χ4v) is 2.33. The minimum Gasteiger partial charge on any atom is -0.466 e. The highest BCUT2D eigenvalue weighted by molar-refractivity contribution is 5.73. The largest absolute Gasteiger partial charge is 0.466 e. The first-order valence-corrected chi connectivity index (χ1v) is 7.67. The van der Waals surface area contributed by atoms with Crippen LogP contribution in [0.4, 0.5) is 0 Å². The molecule has 2 atom stereocenters. The Morgan fingerprint density at radius 1 is 1.10 bits per heavy atom. The van der Waals surface area contributed by atoms with Crippen LogP contribution in [0.15, 0.2) is 24.8 Å². The van der Waals surface area contributed by atoms with Gasteiger partial charge in [-0.1, -0.05) is 18.2 Å². The Balaban J connectivity index is 5.06. The van der Waals surface area contributed by atoms with Gasteiger partial charge >= 0.3 is 5.97 Å². The third-order valence-corrected chi connectivity index (χ3v) is 3.28. The van der Waals surface area contributed by atoms with Crippen molar-refractivity contribution in [1.82, 2.24) is 0 Å². The third-order valence-electron chi connectivity index (χ3n) is 3.28. The molecule has 0 rings (SSSR count). The Morgan fingerprint density at radius 3 is 2.05 bits per heavy atom. The van der Waals surface area contributed by atoms with Gasteiger partial charge in [-0.2, -0.15) is 0 Å². The van der Waals surface area contributed by atoms with Crippen LogP contribution in [0.25, 0.3) is 0 Å². The van der Waals surface area contributed by atoms with E-state index < -0.39 is 0 Å². The average molecular weight is 298 g/mol. The van der Waals surface area contributed by atoms with Crippen LogP contribution in [-0.4, -0.2) is 32.1 Å². The summed E-state index contributed by atoms with van der Waals surface area (Å²) >= 11 is 0. The second-order valence-corrected chi connectivity index (χ2v) is 4.91. The van der Waals surface area contributed by atoms with Gasteiger partial charge in [-0.05, 0) is 40.0 Å². The van der Waals surface area contributed by atoms with Crippen molar-refractivity contribution in [3.63, 3.8) is 0 Å². The lowest BCUT2D eigenvalue weighted by Gasteiger charge is -2.28. The number of ether oxygens (including phenoxy) is 3. The van der Waals surface area contributed by atoms with Crippen molar-refractivity contribution in [3.05, 3.63) is 24.8 Å². The van der Waals surface area contributed by atoms with Crippen LogP contribution in [0.1, 0.15) is 40.5 Å². The minimum absolute atomic E-state index is 0.0508. The van der Waals surface area contributed by atoms with Crippen molar-refractivity contribution in [1.29, 1.82) is 0 Å². The summed E-state index contributed by atoms with van der Waals surface area (Å²) < 4.78 is 16.4. The molecule has 0 heterocycles. The lowest BCUT2D eigenvalue weighted by molar-refractivity contribution is -0.158. The quantitative estimate of drug-likeness (QED) is 0.313. The van der Waals surface area contributed by atoms with Crippen LogP contribution in [0.5, 0.6) is 0 Å². The molecular formula is C17H30O4. The van der Waals surface area contributed by atoms with E-state index in [0.717, 1.165) is 5.57 Å². The van der Waals surface area contributed by atoms with Gasteiger partial charge in [0, 0.05) is 19.6 Å². The SMILES string of the molecule is C=CCC(C(=O)OCC)C(CC(OCC)OCC)C(=C)C. The molecule has 0 aliphatic heterocycles. The number of carbonyl (C=O) groups is 1. The number of hydrogen-bond donors (Lipinski definition) is 0. The average Bonchev–Trinajstić information content (AvgIpc) is 2.43. The molecule has 4 heteroatoms. The highest BCUT2D eigenvalue weighted by atomic mass is 16.7. The lowest BCUT2D eigenvalue weighted by Crippen LogP contribution is -2.31. The molecule has 21 heavy (non-hydrogen) atoms. The minimum atomic E-state index is -0.330. The summed E-state index contributed by atoms with van der Waals surface area (Å²) in [6.45, 7) is 16.8. The monoisotopic (exact) mass is 298 g/mol. The Morgan fingerprint density at radius 2 is 1.67 bits per heavy atom. The molecule has 0 saturated carbocycles. The first kappa shape index (κ1) is 19.9. The molecule has 0 aromatic carbocycles. The van der Waals surface area contributed by atoms with Gasteiger partial charge in [-0.15, -0.1) is 6.58 Å². The molecule has 0 amide bonds. The van der Waals surface area contributed by atoms with E-state index in [1.165, 1.54) is 0 Å². The van der Waals surface area contributed by atoms with Crippen LogP contribution in [0.2, 0.25) is 0 Å². The molecule has 0 fully saturated rings. The summed E-state index contributed by atoms with van der Waals surface area (Å²) in [5.41, 5.74) is 0.930. The van der Waals surface area contributed by atoms with Gasteiger partial charge in [0.2, 0.25) is 0 Å². The molecule has 0 aliphatic carbocycles. The van der Waals surface area contributed by atoms with Crippen LogP contribution >= 0.6 is 0 Å². The van der Waals surface area contributed by atoms with Gasteiger partial charge in [0.15, 0.2) is 6.29 Å². The van der Waals surface area contributed by atoms with E-state index in [4.69, 9.17) is 14.2 Å². The molecule has 4 nitrogen and oxygen atoms in total. The summed E-state index contributed by atoms with van der Waals surface area (Å²) in [7, 11) is 0. The van der Waals surface area contributed by atoms with E-state index in [1.807, 2.05) is 27.7 Å². The predicted octanol–water partition coefficient (Wildman–Crippen LogP) is 3.72. The number of carbonyl (C=O) groups excluding carboxylic acids is 1. The second kappa shape index (κ2) is 11.5. The molecule has 0 saturated heterocycles. The lowest BCUT2D eigenvalue weighted by atomic mass is 9.82. The first-order chi connectivity index (χ1) is 10.0. The van der Waals surface area contributed by atoms with Crippen molar-refractivity contribution >= 4 is 5.97 Å². The van der Waals surface area contributed by atoms with Gasteiger partial charge in [-0.25, -0.2) is 0 Å². The fraction of sp³-hybridized carbons (Fsp3) is 0.706. The maximum Gasteiger partial charge on any atom is 0.309 e. The second-order valence-electron chi connectivity index (χ2n) is 4.91. The first-order valence-electron chi connectivity index (χ1n) is 7.67. The van der Waals surface area contributed by atoms with Gasteiger partial charge in [-0.3, -0.25) is 4.79 Å². The van der Waals surface area contributed by atoms with Crippen molar-refractivity contribution in [3.8, 4) is 0 Å². The van der Waals surface area contributed by atoms with E-state index >= 15 is 0 Å². The summed E-state index contributed by atoms with van der Waals surface area (Å²) in [5.74, 6) is -0.550. The van der Waals surface area contributed by atoms with E-state index in [9.17, 15) is 4.79 Å². The maximum absolute atomic E-state index is 12.2. The van der Waals surface area contributed by atoms with Crippen LogP contribution < -0.4 is 0 Å². The zero-order valence-electron chi connectivity index (χ0n) is 13.9. The molecule has 0 spiro atoms. The van der Waals surface area contributed by atoms with Crippen molar-refractivity contribution in [2.45, 2.75) is 46.8 Å². The van der Waals surface area contributed by atoms with Gasteiger partial charge < -0.3 is 14.2 Å². The van der Waals surface area contributed by atoms with Gasteiger partial charge in [0.25, 0.3) is 0 Å². The van der Waals surface area contributed by atoms with E-state index in [1.54, 1.807) is 6.08 Å². The molecule has 2 unspecified atom stereocenters. The molecule has 0 aromatic heterocycles. The Bertz CT molecular complexity index is 319. The standard InChI is InChI=1S/C17H30O4/c1-7-11-14(17(18)21-10-4)15(13(5)6)12-16(19-8-2)20-9-3/h7,14-16H,1,5,8-12H2,2-4,6H3. The van der Waals surface area contributed by atoms with Crippen LogP contribution in [0.3, 0.4) is 0 Å². The van der Waals surface area contributed by atoms with Gasteiger partial charge in [0.1, 0.15) is 0 Å². The summed E-state index contributed by atoms with van der Waals surface area (Å²) in [6.07, 6.45) is 2.56. The zero-order chi connectivity index (χ0) is 16.3. The van der Waals surface area contributed by atoms with Crippen LogP contribution in [0, 0.1) is 11.8 Å². The van der Waals surface area contributed by atoms with E-state index in [2.05, 4.69) is 13.2 Å². The van der Waals surface area contributed by atoms with Crippen LogP contribution in [-0.2, 0) is 19.0 Å². The molecule has 0 aliphatic rings.